The largest absolute Gasteiger partial charge is 0.494 e. The van der Waals surface area contributed by atoms with Crippen LogP contribution in [0.3, 0.4) is 0 Å². The molecule has 0 unspecified atom stereocenters. The summed E-state index contributed by atoms with van der Waals surface area (Å²) in [4.78, 5) is 22.2. The fourth-order valence-corrected chi connectivity index (χ4v) is 2.08. The Labute approximate surface area is 146 Å². The van der Waals surface area contributed by atoms with Gasteiger partial charge in [-0.3, -0.25) is 10.1 Å². The Morgan fingerprint density at radius 2 is 1.68 bits per heavy atom. The van der Waals surface area contributed by atoms with Gasteiger partial charge in [0.05, 0.1) is 6.61 Å². The summed E-state index contributed by atoms with van der Waals surface area (Å²) in [5, 5.41) is 11.2. The summed E-state index contributed by atoms with van der Waals surface area (Å²) >= 11 is 0. The quantitative estimate of drug-likeness (QED) is 0.671. The lowest BCUT2D eigenvalue weighted by atomic mass is 10.2. The maximum atomic E-state index is 11.8. The summed E-state index contributed by atoms with van der Waals surface area (Å²) in [6.45, 7) is 0.670. The van der Waals surface area contributed by atoms with Crippen molar-refractivity contribution in [2.45, 2.75) is 25.9 Å². The Kier molecular flexibility index (Phi) is 7.31. The highest BCUT2D eigenvalue weighted by molar-refractivity contribution is 5.84. The van der Waals surface area contributed by atoms with Crippen molar-refractivity contribution in [3.05, 3.63) is 60.2 Å². The van der Waals surface area contributed by atoms with Crippen LogP contribution in [0.5, 0.6) is 5.75 Å². The molecule has 0 aliphatic heterocycles. The number of hydrogen-bond acceptors (Lipinski definition) is 4. The number of carboxylic acids is 1. The van der Waals surface area contributed by atoms with Gasteiger partial charge in [-0.25, -0.2) is 4.79 Å². The van der Waals surface area contributed by atoms with E-state index in [9.17, 15) is 9.59 Å². The third kappa shape index (κ3) is 7.39. The summed E-state index contributed by atoms with van der Waals surface area (Å²) in [6.07, 6.45) is 0.892. The van der Waals surface area contributed by atoms with Gasteiger partial charge in [-0.05, 0) is 42.7 Å². The molecule has 6 heteroatoms. The number of anilines is 1. The van der Waals surface area contributed by atoms with Gasteiger partial charge < -0.3 is 14.6 Å². The molecule has 0 aliphatic carbocycles. The lowest BCUT2D eigenvalue weighted by molar-refractivity contribution is -0.137. The molecule has 2 aromatic rings. The number of amides is 1. The molecule has 2 N–H and O–H groups in total. The van der Waals surface area contributed by atoms with E-state index in [1.807, 2.05) is 30.3 Å². The van der Waals surface area contributed by atoms with E-state index in [0.29, 0.717) is 30.9 Å². The van der Waals surface area contributed by atoms with Gasteiger partial charge in [0.25, 0.3) is 0 Å². The van der Waals surface area contributed by atoms with Crippen molar-refractivity contribution < 1.29 is 24.2 Å². The molecule has 0 saturated carbocycles. The minimum absolute atomic E-state index is 0.150. The predicted octanol–water partition coefficient (Wildman–Crippen LogP) is 4.07. The van der Waals surface area contributed by atoms with Crippen LogP contribution in [0.25, 0.3) is 0 Å². The zero-order valence-corrected chi connectivity index (χ0v) is 13.8. The number of hydrogen-bond donors (Lipinski definition) is 2. The molecular formula is C19H21NO5. The Morgan fingerprint density at radius 3 is 2.36 bits per heavy atom. The molecule has 132 valence electrons. The summed E-state index contributed by atoms with van der Waals surface area (Å²) in [5.41, 5.74) is 1.53. The summed E-state index contributed by atoms with van der Waals surface area (Å²) in [5.74, 6) is -0.131. The topological polar surface area (TPSA) is 84.9 Å². The number of benzene rings is 2. The second-order valence-corrected chi connectivity index (χ2v) is 5.41. The van der Waals surface area contributed by atoms with E-state index >= 15 is 0 Å². The van der Waals surface area contributed by atoms with Crippen molar-refractivity contribution in [1.29, 1.82) is 0 Å². The van der Waals surface area contributed by atoms with Gasteiger partial charge in [-0.1, -0.05) is 30.3 Å². The fraction of sp³-hybridized carbons (Fsp3) is 0.263. The van der Waals surface area contributed by atoms with Crippen molar-refractivity contribution in [1.82, 2.24) is 0 Å². The van der Waals surface area contributed by atoms with Gasteiger partial charge in [0, 0.05) is 12.1 Å². The zero-order valence-electron chi connectivity index (χ0n) is 13.8. The minimum Gasteiger partial charge on any atom is -0.494 e. The van der Waals surface area contributed by atoms with E-state index in [1.54, 1.807) is 24.3 Å². The predicted molar refractivity (Wildman–Crippen MR) is 93.7 cm³/mol. The van der Waals surface area contributed by atoms with Crippen LogP contribution >= 0.6 is 0 Å². The van der Waals surface area contributed by atoms with Crippen LogP contribution in [0, 0.1) is 0 Å². The summed E-state index contributed by atoms with van der Waals surface area (Å²) in [6, 6.07) is 16.4. The van der Waals surface area contributed by atoms with Gasteiger partial charge in [0.15, 0.2) is 0 Å². The number of unbranched alkanes of at least 4 members (excludes halogenated alkanes) is 1. The second kappa shape index (κ2) is 9.97. The lowest BCUT2D eigenvalue weighted by Crippen LogP contribution is -2.13. The molecule has 1 amide bonds. The summed E-state index contributed by atoms with van der Waals surface area (Å²) in [7, 11) is 0. The number of carbonyl (C=O) groups is 2. The molecule has 0 radical (unpaired) electrons. The summed E-state index contributed by atoms with van der Waals surface area (Å²) < 4.78 is 10.7. The second-order valence-electron chi connectivity index (χ2n) is 5.41. The third-order valence-electron chi connectivity index (χ3n) is 3.37. The first-order valence-corrected chi connectivity index (χ1v) is 8.06. The Morgan fingerprint density at radius 1 is 0.960 bits per heavy atom. The molecule has 0 fully saturated rings. The van der Waals surface area contributed by atoms with E-state index < -0.39 is 12.1 Å². The van der Waals surface area contributed by atoms with Crippen molar-refractivity contribution >= 4 is 17.7 Å². The van der Waals surface area contributed by atoms with Crippen LogP contribution in [0.4, 0.5) is 10.5 Å². The number of carbonyl (C=O) groups excluding carboxylic acids is 1. The van der Waals surface area contributed by atoms with Crippen molar-refractivity contribution in [2.24, 2.45) is 0 Å². The van der Waals surface area contributed by atoms with E-state index in [2.05, 4.69) is 5.32 Å². The molecule has 0 heterocycles. The molecule has 2 rings (SSSR count). The molecule has 25 heavy (non-hydrogen) atoms. The molecule has 6 nitrogen and oxygen atoms in total. The van der Waals surface area contributed by atoms with Crippen LogP contribution in [0.1, 0.15) is 24.8 Å². The van der Waals surface area contributed by atoms with E-state index in [1.165, 1.54) is 0 Å². The maximum Gasteiger partial charge on any atom is 0.411 e. The highest BCUT2D eigenvalue weighted by atomic mass is 16.5. The average Bonchev–Trinajstić information content (AvgIpc) is 2.62. The average molecular weight is 343 g/mol. The maximum absolute atomic E-state index is 11.8. The van der Waals surface area contributed by atoms with Crippen LogP contribution in [-0.2, 0) is 16.1 Å². The van der Waals surface area contributed by atoms with Crippen LogP contribution in [0.2, 0.25) is 0 Å². The Hall–Kier alpha value is -3.02. The van der Waals surface area contributed by atoms with Gasteiger partial charge >= 0.3 is 12.1 Å². The SMILES string of the molecule is O=C(O)CCCCOc1ccc(NC(=O)OCc2ccccc2)cc1. The first-order chi connectivity index (χ1) is 12.1. The lowest BCUT2D eigenvalue weighted by Gasteiger charge is -2.09. The minimum atomic E-state index is -0.797. The van der Waals surface area contributed by atoms with E-state index in [4.69, 9.17) is 14.6 Å². The van der Waals surface area contributed by atoms with E-state index in [-0.39, 0.29) is 13.0 Å². The number of rotatable bonds is 9. The van der Waals surface area contributed by atoms with Crippen LogP contribution < -0.4 is 10.1 Å². The number of nitrogens with one attached hydrogen (secondary N) is 1. The standard InChI is InChI=1S/C19H21NO5/c21-18(22)8-4-5-13-24-17-11-9-16(10-12-17)20-19(23)25-14-15-6-2-1-3-7-15/h1-3,6-7,9-12H,4-5,8,13-14H2,(H,20,23)(H,21,22). The first-order valence-electron chi connectivity index (χ1n) is 8.06. The number of aliphatic carboxylic acids is 1. The molecule has 0 aliphatic rings. The molecule has 0 atom stereocenters. The molecule has 2 aromatic carbocycles. The monoisotopic (exact) mass is 343 g/mol. The highest BCUT2D eigenvalue weighted by Crippen LogP contribution is 2.16. The van der Waals surface area contributed by atoms with Gasteiger partial charge in [0.2, 0.25) is 0 Å². The Bertz CT molecular complexity index is 670. The third-order valence-corrected chi connectivity index (χ3v) is 3.37. The number of carboxylic acid groups (broad SMARTS) is 1. The van der Waals surface area contributed by atoms with Gasteiger partial charge in [0.1, 0.15) is 12.4 Å². The molecular weight excluding hydrogens is 322 g/mol. The van der Waals surface area contributed by atoms with Crippen molar-refractivity contribution in [2.75, 3.05) is 11.9 Å². The van der Waals surface area contributed by atoms with Crippen molar-refractivity contribution in [3.63, 3.8) is 0 Å². The van der Waals surface area contributed by atoms with Crippen LogP contribution in [0.15, 0.2) is 54.6 Å². The first kappa shape index (κ1) is 18.3. The molecule has 0 bridgehead atoms. The van der Waals surface area contributed by atoms with Gasteiger partial charge in [-0.2, -0.15) is 0 Å². The smallest absolute Gasteiger partial charge is 0.411 e. The van der Waals surface area contributed by atoms with E-state index in [0.717, 1.165) is 5.56 Å². The number of ether oxygens (including phenoxy) is 2. The fourth-order valence-electron chi connectivity index (χ4n) is 2.08. The molecule has 0 spiro atoms. The molecule has 0 saturated heterocycles. The van der Waals surface area contributed by atoms with Gasteiger partial charge in [-0.15, -0.1) is 0 Å². The molecule has 0 aromatic heterocycles. The van der Waals surface area contributed by atoms with Crippen molar-refractivity contribution in [3.8, 4) is 5.75 Å². The zero-order chi connectivity index (χ0) is 17.9. The highest BCUT2D eigenvalue weighted by Gasteiger charge is 2.04. The van der Waals surface area contributed by atoms with Crippen LogP contribution in [-0.4, -0.2) is 23.8 Å². The Balaban J connectivity index is 1.68. The normalized spacial score (nSPS) is 10.1.